The number of carbonyl (C=O) groups is 12. The zero-order valence-corrected chi connectivity index (χ0v) is 60.9. The standard InChI is InChI=1S/C70H105N12O17P/c1-15-43(8)61(52(97-13)37-58(88)80-36-20-24-51(80)63(98-14)44(9)64(90)73-45(10)62(89)47-21-17-16-18-22-47)78(11)67(93)60(41(4)5)77-69(95)100(42(6)7)79(12)70(96)99-39-46-25-27-48(28-26-46)74-65(91)50(23-19-35-72-68(71)94)75-66(92)59(40(2)3)76-53(83)30-29-49(82-56(86)33-34-57(82)87)38-81-54(84)31-32-55(81)85/h16-18,21-22,25-28,31-34,40-45,49-52,56,59-63,86,89H,15,19-20,23-24,29-30,35-39H2,1-14H3,(H,73,90)(H,74,91)(H,75,92)(H,76,83)(H,77,95)(H3,71,72,94). The number of primary amides is 1. The van der Waals surface area contributed by atoms with Gasteiger partial charge in [0.15, 0.2) is 0 Å². The molecule has 13 amide bonds. The smallest absolute Gasteiger partial charge is 0.413 e. The van der Waals surface area contributed by atoms with Crippen LogP contribution < -0.4 is 37.6 Å². The summed E-state index contributed by atoms with van der Waals surface area (Å²) in [6.07, 6.45) is 1.46. The van der Waals surface area contributed by atoms with E-state index in [9.17, 15) is 67.7 Å². The molecule has 552 valence electrons. The van der Waals surface area contributed by atoms with Gasteiger partial charge in [0, 0.05) is 83.9 Å². The van der Waals surface area contributed by atoms with Crippen LogP contribution in [-0.4, -0.2) is 220 Å². The first-order valence-electron chi connectivity index (χ1n) is 34.2. The minimum atomic E-state index is -1.98. The highest BCUT2D eigenvalue weighted by atomic mass is 31.1. The van der Waals surface area contributed by atoms with E-state index >= 15 is 0 Å². The first-order valence-corrected chi connectivity index (χ1v) is 35.5. The number of rotatable bonds is 38. The Morgan fingerprint density at radius 2 is 1.40 bits per heavy atom. The molecule has 30 heteroatoms. The number of aliphatic hydroxyl groups excluding tert-OH is 2. The van der Waals surface area contributed by atoms with Gasteiger partial charge in [-0.15, -0.1) is 0 Å². The van der Waals surface area contributed by atoms with Crippen LogP contribution in [0.25, 0.3) is 0 Å². The van der Waals surface area contributed by atoms with E-state index in [1.807, 2.05) is 32.0 Å². The zero-order chi connectivity index (χ0) is 74.4. The van der Waals surface area contributed by atoms with E-state index in [-0.39, 0.29) is 75.2 Å². The number of amides is 13. The average molecular weight is 1420 g/mol. The van der Waals surface area contributed by atoms with Gasteiger partial charge >= 0.3 is 12.1 Å². The van der Waals surface area contributed by atoms with Crippen molar-refractivity contribution in [3.63, 3.8) is 0 Å². The number of hydrogen-bond donors (Lipinski definition) is 9. The van der Waals surface area contributed by atoms with Crippen molar-refractivity contribution in [1.82, 2.24) is 50.9 Å². The van der Waals surface area contributed by atoms with Gasteiger partial charge in [-0.1, -0.05) is 111 Å². The molecule has 14 atom stereocenters. The molecule has 0 bridgehead atoms. The summed E-state index contributed by atoms with van der Waals surface area (Å²) in [5.41, 5.74) is 5.75. The maximum Gasteiger partial charge on any atom is 0.413 e. The normalized spacial score (nSPS) is 18.8. The molecular formula is C70H105N12O17P. The van der Waals surface area contributed by atoms with E-state index in [1.165, 1.54) is 32.0 Å². The number of urea groups is 1. The van der Waals surface area contributed by atoms with E-state index in [2.05, 4.69) is 31.9 Å². The number of aliphatic hydroxyl groups is 2. The predicted octanol–water partition coefficient (Wildman–Crippen LogP) is 4.76. The maximum atomic E-state index is 14.8. The summed E-state index contributed by atoms with van der Waals surface area (Å²) in [5, 5.41) is 38.0. The third kappa shape index (κ3) is 22.6. The van der Waals surface area contributed by atoms with Gasteiger partial charge in [0.05, 0.1) is 62.9 Å². The number of methoxy groups -OCH3 is 2. The third-order valence-electron chi connectivity index (χ3n) is 18.5. The Morgan fingerprint density at radius 3 is 1.96 bits per heavy atom. The van der Waals surface area contributed by atoms with Gasteiger partial charge in [0.25, 0.3) is 17.5 Å². The van der Waals surface area contributed by atoms with Crippen LogP contribution >= 0.6 is 8.07 Å². The summed E-state index contributed by atoms with van der Waals surface area (Å²) in [5.74, 6) is -6.68. The average Bonchev–Trinajstić information content (AvgIpc) is 1.45. The van der Waals surface area contributed by atoms with E-state index in [0.717, 1.165) is 28.0 Å². The minimum absolute atomic E-state index is 0.00939. The molecule has 3 aliphatic rings. The highest BCUT2D eigenvalue weighted by Gasteiger charge is 2.45. The fourth-order valence-corrected chi connectivity index (χ4v) is 14.6. The molecule has 0 radical (unpaired) electrons. The fourth-order valence-electron chi connectivity index (χ4n) is 12.7. The number of likely N-dealkylation sites (tertiary alicyclic amines) is 1. The fraction of sp³-hybridized carbons (Fsp3) is 0.600. The number of ether oxygens (including phenoxy) is 3. The van der Waals surface area contributed by atoms with Crippen LogP contribution in [0.5, 0.6) is 0 Å². The van der Waals surface area contributed by atoms with E-state index < -0.39 is 157 Å². The largest absolute Gasteiger partial charge is 0.444 e. The van der Waals surface area contributed by atoms with Crippen molar-refractivity contribution in [3.05, 3.63) is 90.0 Å². The molecule has 2 aromatic rings. The Kier molecular flexibility index (Phi) is 32.1. The second-order valence-corrected chi connectivity index (χ2v) is 29.5. The molecule has 3 aliphatic heterocycles. The summed E-state index contributed by atoms with van der Waals surface area (Å²) >= 11 is 0. The summed E-state index contributed by atoms with van der Waals surface area (Å²) < 4.78 is 19.0. The van der Waals surface area contributed by atoms with Crippen molar-refractivity contribution in [2.75, 3.05) is 53.3 Å². The van der Waals surface area contributed by atoms with E-state index in [0.29, 0.717) is 36.9 Å². The van der Waals surface area contributed by atoms with Crippen molar-refractivity contribution >= 4 is 84.7 Å². The molecule has 0 aromatic heterocycles. The van der Waals surface area contributed by atoms with Crippen LogP contribution in [0.2, 0.25) is 0 Å². The second kappa shape index (κ2) is 39.0. The molecule has 3 heterocycles. The number of benzene rings is 2. The monoisotopic (exact) mass is 1420 g/mol. The number of nitrogens with one attached hydrogen (secondary N) is 6. The number of anilines is 1. The van der Waals surface area contributed by atoms with Crippen LogP contribution in [-0.2, 0) is 64.0 Å². The van der Waals surface area contributed by atoms with Crippen molar-refractivity contribution in [2.24, 2.45) is 29.4 Å². The van der Waals surface area contributed by atoms with Crippen LogP contribution in [0.4, 0.5) is 20.1 Å². The number of likely N-dealkylation sites (N-methyl/N-ethyl adjacent to an activating group) is 1. The van der Waals surface area contributed by atoms with Crippen molar-refractivity contribution in [2.45, 2.75) is 200 Å². The van der Waals surface area contributed by atoms with Crippen molar-refractivity contribution in [1.29, 1.82) is 0 Å². The van der Waals surface area contributed by atoms with E-state index in [4.69, 9.17) is 19.9 Å². The Balaban J connectivity index is 1.19. The molecule has 5 rings (SSSR count). The first kappa shape index (κ1) is 82.3. The van der Waals surface area contributed by atoms with Crippen LogP contribution in [0.15, 0.2) is 78.9 Å². The summed E-state index contributed by atoms with van der Waals surface area (Å²) in [4.78, 5) is 167. The molecule has 14 unspecified atom stereocenters. The van der Waals surface area contributed by atoms with Gasteiger partial charge in [0.2, 0.25) is 41.4 Å². The van der Waals surface area contributed by atoms with Crippen molar-refractivity contribution in [3.8, 4) is 0 Å². The second-order valence-electron chi connectivity index (χ2n) is 26.7. The lowest BCUT2D eigenvalue weighted by molar-refractivity contribution is -0.147. The SMILES string of the molecule is CCC(C)C(C(CC(=O)N1CCCC1C(OC)C(C)C(=O)NC(C)C(O)c1ccccc1)OC)N(C)C(=O)C(NC(=O)P(C(C)C)N(C)C(=O)OCc1ccc(NC(=O)C(CCCNC(N)=O)NC(=O)C(NC(=O)CCC(CN2C(=O)C=CC2=O)N2C(=O)C=CC2O)C(C)C)cc1)C(C)C. The number of hydrogen-bond acceptors (Lipinski definition) is 17. The van der Waals surface area contributed by atoms with Gasteiger partial charge in [0.1, 0.15) is 31.0 Å². The molecule has 10 N–H and O–H groups in total. The Bertz CT molecular complexity index is 3210. The predicted molar refractivity (Wildman–Crippen MR) is 374 cm³/mol. The highest BCUT2D eigenvalue weighted by Crippen LogP contribution is 2.45. The maximum absolute atomic E-state index is 14.8. The quantitative estimate of drug-likeness (QED) is 0.0249. The molecule has 100 heavy (non-hydrogen) atoms. The topological polar surface area (TPSA) is 387 Å². The molecule has 0 aliphatic carbocycles. The van der Waals surface area contributed by atoms with Gasteiger partial charge in [-0.2, -0.15) is 0 Å². The summed E-state index contributed by atoms with van der Waals surface area (Å²) in [7, 11) is 4.09. The molecule has 0 saturated carbocycles. The van der Waals surface area contributed by atoms with E-state index in [1.54, 1.807) is 109 Å². The lowest BCUT2D eigenvalue weighted by atomic mass is 9.89. The summed E-state index contributed by atoms with van der Waals surface area (Å²) in [6.45, 7) is 17.8. The van der Waals surface area contributed by atoms with Crippen LogP contribution in [0.1, 0.15) is 138 Å². The molecule has 2 aromatic carbocycles. The van der Waals surface area contributed by atoms with Crippen LogP contribution in [0.3, 0.4) is 0 Å². The number of imide groups is 1. The molecule has 0 spiro atoms. The summed E-state index contributed by atoms with van der Waals surface area (Å²) in [6, 6.07) is 8.37. The Morgan fingerprint density at radius 1 is 0.760 bits per heavy atom. The molecular weight excluding hydrogens is 1310 g/mol. The third-order valence-corrected chi connectivity index (χ3v) is 20.9. The number of carbonyl (C=O) groups excluding carboxylic acids is 12. The highest BCUT2D eigenvalue weighted by molar-refractivity contribution is 7.73. The Hall–Kier alpha value is -8.37. The minimum Gasteiger partial charge on any atom is -0.444 e. The molecule has 1 fully saturated rings. The molecule has 1 saturated heterocycles. The van der Waals surface area contributed by atoms with Gasteiger partial charge < -0.3 is 76.8 Å². The van der Waals surface area contributed by atoms with Crippen LogP contribution in [0, 0.1) is 23.7 Å². The number of nitrogens with zero attached hydrogens (tertiary/aromatic N) is 5. The number of nitrogens with two attached hydrogens (primary N) is 1. The first-order chi connectivity index (χ1) is 47.3. The molecule has 29 nitrogen and oxygen atoms in total. The zero-order valence-electron chi connectivity index (χ0n) is 60.0. The van der Waals surface area contributed by atoms with Gasteiger partial charge in [-0.3, -0.25) is 57.5 Å². The van der Waals surface area contributed by atoms with Crippen molar-refractivity contribution < 1.29 is 82.0 Å². The lowest BCUT2D eigenvalue weighted by Crippen LogP contribution is -2.57. The van der Waals surface area contributed by atoms with Gasteiger partial charge in [-0.05, 0) is 86.1 Å². The lowest BCUT2D eigenvalue weighted by Gasteiger charge is -2.41. The van der Waals surface area contributed by atoms with Gasteiger partial charge in [-0.25, -0.2) is 9.59 Å². The Labute approximate surface area is 587 Å².